The Morgan fingerprint density at radius 3 is 3.27 bits per heavy atom. The number of nitrogens with one attached hydrogen (secondary N) is 1. The first-order valence-electron chi connectivity index (χ1n) is 7.03. The topological polar surface area (TPSA) is 88.6 Å². The molecular formula is C14H14N6O2. The highest BCUT2D eigenvalue weighted by molar-refractivity contribution is 5.94. The fourth-order valence-electron chi connectivity index (χ4n) is 2.70. The molecule has 3 aromatic rings. The van der Waals surface area contributed by atoms with Crippen molar-refractivity contribution < 1.29 is 9.21 Å². The van der Waals surface area contributed by atoms with Gasteiger partial charge in [-0.1, -0.05) is 0 Å². The van der Waals surface area contributed by atoms with E-state index < -0.39 is 0 Å². The SMILES string of the molecule is O=C(NC1CCN(c2nccn3cnnc23)C1)c1ccoc1. The zero-order chi connectivity index (χ0) is 14.9. The molecule has 1 aliphatic rings. The Morgan fingerprint density at radius 1 is 1.45 bits per heavy atom. The number of furan rings is 1. The third-order valence-electron chi connectivity index (χ3n) is 3.80. The molecule has 1 saturated heterocycles. The first kappa shape index (κ1) is 12.8. The maximum Gasteiger partial charge on any atom is 0.254 e. The highest BCUT2D eigenvalue weighted by Gasteiger charge is 2.27. The van der Waals surface area contributed by atoms with E-state index in [1.807, 2.05) is 10.6 Å². The molecular weight excluding hydrogens is 284 g/mol. The fraction of sp³-hybridized carbons (Fsp3) is 0.286. The second kappa shape index (κ2) is 5.14. The number of hydrogen-bond donors (Lipinski definition) is 1. The van der Waals surface area contributed by atoms with Crippen molar-refractivity contribution in [3.05, 3.63) is 42.9 Å². The highest BCUT2D eigenvalue weighted by atomic mass is 16.3. The van der Waals surface area contributed by atoms with Gasteiger partial charge in [0.05, 0.1) is 11.8 Å². The summed E-state index contributed by atoms with van der Waals surface area (Å²) in [5, 5.41) is 11.0. The Labute approximate surface area is 125 Å². The maximum absolute atomic E-state index is 12.0. The van der Waals surface area contributed by atoms with Crippen LogP contribution in [0.1, 0.15) is 16.8 Å². The van der Waals surface area contributed by atoms with Gasteiger partial charge in [-0.15, -0.1) is 10.2 Å². The van der Waals surface area contributed by atoms with Crippen LogP contribution in [0.3, 0.4) is 0 Å². The van der Waals surface area contributed by atoms with Gasteiger partial charge in [-0.2, -0.15) is 0 Å². The van der Waals surface area contributed by atoms with Crippen molar-refractivity contribution in [1.82, 2.24) is 24.9 Å². The minimum atomic E-state index is -0.116. The number of rotatable bonds is 3. The molecule has 1 N–H and O–H groups in total. The van der Waals surface area contributed by atoms with Crippen molar-refractivity contribution in [2.75, 3.05) is 18.0 Å². The predicted octanol–water partition coefficient (Wildman–Crippen LogP) is 0.726. The molecule has 1 unspecified atom stereocenters. The van der Waals surface area contributed by atoms with Crippen LogP contribution >= 0.6 is 0 Å². The van der Waals surface area contributed by atoms with Crippen LogP contribution in [0.25, 0.3) is 5.65 Å². The van der Waals surface area contributed by atoms with E-state index in [9.17, 15) is 4.79 Å². The Bertz CT molecular complexity index is 797. The summed E-state index contributed by atoms with van der Waals surface area (Å²) in [6, 6.07) is 1.73. The molecule has 8 nitrogen and oxygen atoms in total. The predicted molar refractivity (Wildman–Crippen MR) is 77.6 cm³/mol. The van der Waals surface area contributed by atoms with Gasteiger partial charge in [0.25, 0.3) is 5.91 Å². The molecule has 0 aromatic carbocycles. The molecule has 0 bridgehead atoms. The minimum absolute atomic E-state index is 0.0763. The van der Waals surface area contributed by atoms with Crippen molar-refractivity contribution >= 4 is 17.4 Å². The molecule has 4 rings (SSSR count). The van der Waals surface area contributed by atoms with E-state index in [1.165, 1.54) is 12.5 Å². The van der Waals surface area contributed by atoms with Gasteiger partial charge in [0.2, 0.25) is 5.65 Å². The van der Waals surface area contributed by atoms with Gasteiger partial charge in [-0.3, -0.25) is 9.20 Å². The van der Waals surface area contributed by atoms with Crippen LogP contribution in [0.2, 0.25) is 0 Å². The van der Waals surface area contributed by atoms with E-state index in [0.29, 0.717) is 12.1 Å². The standard InChI is InChI=1S/C14H14N6O2/c21-14(10-2-6-22-8-10)17-11-1-4-19(7-11)12-13-18-16-9-20(13)5-3-15-12/h2-3,5-6,8-9,11H,1,4,7H2,(H,17,21). The third-order valence-corrected chi connectivity index (χ3v) is 3.80. The Kier molecular flexibility index (Phi) is 2.99. The lowest BCUT2D eigenvalue weighted by atomic mass is 10.2. The molecule has 4 heterocycles. The lowest BCUT2D eigenvalue weighted by Gasteiger charge is -2.17. The Hall–Kier alpha value is -2.90. The van der Waals surface area contributed by atoms with E-state index in [2.05, 4.69) is 25.4 Å². The summed E-state index contributed by atoms with van der Waals surface area (Å²) in [6.45, 7) is 1.51. The quantitative estimate of drug-likeness (QED) is 0.766. The van der Waals surface area contributed by atoms with E-state index >= 15 is 0 Å². The molecule has 0 aliphatic carbocycles. The second-order valence-corrected chi connectivity index (χ2v) is 5.23. The molecule has 0 spiro atoms. The molecule has 22 heavy (non-hydrogen) atoms. The second-order valence-electron chi connectivity index (χ2n) is 5.23. The molecule has 0 radical (unpaired) electrons. The van der Waals surface area contributed by atoms with Crippen LogP contribution < -0.4 is 10.2 Å². The molecule has 1 amide bonds. The van der Waals surface area contributed by atoms with Gasteiger partial charge in [0.15, 0.2) is 5.82 Å². The number of carbonyl (C=O) groups excluding carboxylic acids is 1. The Morgan fingerprint density at radius 2 is 2.41 bits per heavy atom. The van der Waals surface area contributed by atoms with E-state index in [0.717, 1.165) is 24.4 Å². The number of aromatic nitrogens is 4. The summed E-state index contributed by atoms with van der Waals surface area (Å²) in [5.74, 6) is 0.675. The van der Waals surface area contributed by atoms with Gasteiger partial charge in [0.1, 0.15) is 12.6 Å². The summed E-state index contributed by atoms with van der Waals surface area (Å²) >= 11 is 0. The summed E-state index contributed by atoms with van der Waals surface area (Å²) in [7, 11) is 0. The molecule has 3 aromatic heterocycles. The molecule has 1 atom stereocenters. The monoisotopic (exact) mass is 298 g/mol. The van der Waals surface area contributed by atoms with Crippen molar-refractivity contribution in [3.8, 4) is 0 Å². The number of amides is 1. The van der Waals surface area contributed by atoms with Crippen LogP contribution in [0.4, 0.5) is 5.82 Å². The van der Waals surface area contributed by atoms with Crippen molar-refractivity contribution in [3.63, 3.8) is 0 Å². The summed E-state index contributed by atoms with van der Waals surface area (Å²) < 4.78 is 6.76. The molecule has 112 valence electrons. The van der Waals surface area contributed by atoms with E-state index in [4.69, 9.17) is 4.42 Å². The van der Waals surface area contributed by atoms with Crippen LogP contribution in [-0.2, 0) is 0 Å². The van der Waals surface area contributed by atoms with Crippen LogP contribution in [0.5, 0.6) is 0 Å². The zero-order valence-corrected chi connectivity index (χ0v) is 11.7. The normalized spacial score (nSPS) is 18.0. The van der Waals surface area contributed by atoms with Gasteiger partial charge in [-0.05, 0) is 12.5 Å². The number of carbonyl (C=O) groups is 1. The van der Waals surface area contributed by atoms with Gasteiger partial charge < -0.3 is 14.6 Å². The van der Waals surface area contributed by atoms with Gasteiger partial charge >= 0.3 is 0 Å². The third kappa shape index (κ3) is 2.18. The fourth-order valence-corrected chi connectivity index (χ4v) is 2.70. The van der Waals surface area contributed by atoms with Crippen LogP contribution in [0.15, 0.2) is 41.7 Å². The highest BCUT2D eigenvalue weighted by Crippen LogP contribution is 2.21. The van der Waals surface area contributed by atoms with Crippen molar-refractivity contribution in [2.45, 2.75) is 12.5 Å². The lowest BCUT2D eigenvalue weighted by Crippen LogP contribution is -2.37. The lowest BCUT2D eigenvalue weighted by molar-refractivity contribution is 0.0940. The number of anilines is 1. The average molecular weight is 298 g/mol. The first-order chi connectivity index (χ1) is 10.8. The Balaban J connectivity index is 1.48. The first-order valence-corrected chi connectivity index (χ1v) is 7.03. The summed E-state index contributed by atoms with van der Waals surface area (Å²) in [4.78, 5) is 18.6. The van der Waals surface area contributed by atoms with Gasteiger partial charge in [0, 0.05) is 31.5 Å². The van der Waals surface area contributed by atoms with E-state index in [-0.39, 0.29) is 11.9 Å². The number of nitrogens with zero attached hydrogens (tertiary/aromatic N) is 5. The summed E-state index contributed by atoms with van der Waals surface area (Å²) in [5.41, 5.74) is 1.26. The van der Waals surface area contributed by atoms with E-state index in [1.54, 1.807) is 18.6 Å². The summed E-state index contributed by atoms with van der Waals surface area (Å²) in [6.07, 6.45) is 8.98. The largest absolute Gasteiger partial charge is 0.472 e. The van der Waals surface area contributed by atoms with Crippen molar-refractivity contribution in [1.29, 1.82) is 0 Å². The smallest absolute Gasteiger partial charge is 0.254 e. The molecule has 1 aliphatic heterocycles. The average Bonchev–Trinajstić information content (AvgIpc) is 3.27. The molecule has 0 saturated carbocycles. The van der Waals surface area contributed by atoms with Crippen LogP contribution in [-0.4, -0.2) is 44.6 Å². The molecule has 8 heteroatoms. The zero-order valence-electron chi connectivity index (χ0n) is 11.7. The maximum atomic E-state index is 12.0. The molecule has 1 fully saturated rings. The van der Waals surface area contributed by atoms with Crippen molar-refractivity contribution in [2.24, 2.45) is 0 Å². The minimum Gasteiger partial charge on any atom is -0.472 e. The number of fused-ring (bicyclic) bond motifs is 1. The van der Waals surface area contributed by atoms with Gasteiger partial charge in [-0.25, -0.2) is 4.98 Å². The van der Waals surface area contributed by atoms with Crippen LogP contribution in [0, 0.1) is 0 Å². The number of hydrogen-bond acceptors (Lipinski definition) is 6.